The molecule has 2 bridgehead atoms. The van der Waals surface area contributed by atoms with Crippen LogP contribution in [-0.2, 0) is 0 Å². The van der Waals surface area contributed by atoms with Crippen LogP contribution in [0.15, 0.2) is 24.3 Å². The standard InChI is InChI=1S/C19H22FNO/c1-4-19-8-7-13(10-19)17(12-21(2)3)16(11-19)15-9-14(22)5-6-18(15)20/h1,5-6,9,11,13,17,22H,7-8,10,12H2,2-3H3/t13-,17-,19+/m0/s1. The minimum atomic E-state index is -0.290. The summed E-state index contributed by atoms with van der Waals surface area (Å²) in [6.45, 7) is 0.867. The summed E-state index contributed by atoms with van der Waals surface area (Å²) < 4.78 is 14.4. The number of aromatic hydroxyl groups is 1. The predicted molar refractivity (Wildman–Crippen MR) is 86.7 cm³/mol. The third kappa shape index (κ3) is 2.53. The zero-order valence-electron chi connectivity index (χ0n) is 13.1. The van der Waals surface area contributed by atoms with Crippen molar-refractivity contribution in [3.8, 4) is 18.1 Å². The molecule has 116 valence electrons. The molecule has 2 nitrogen and oxygen atoms in total. The molecule has 1 aromatic rings. The van der Waals surface area contributed by atoms with Crippen molar-refractivity contribution in [1.82, 2.24) is 4.90 Å². The number of halogens is 1. The fourth-order valence-corrected chi connectivity index (χ4v) is 4.07. The van der Waals surface area contributed by atoms with Crippen LogP contribution in [0.1, 0.15) is 24.8 Å². The molecule has 0 aliphatic heterocycles. The van der Waals surface area contributed by atoms with Gasteiger partial charge in [0.2, 0.25) is 0 Å². The molecular formula is C19H22FNO. The molecule has 0 amide bonds. The van der Waals surface area contributed by atoms with Crippen molar-refractivity contribution in [3.63, 3.8) is 0 Å². The second-order valence-corrected chi connectivity index (χ2v) is 6.94. The van der Waals surface area contributed by atoms with Gasteiger partial charge in [0.15, 0.2) is 0 Å². The van der Waals surface area contributed by atoms with E-state index in [0.717, 1.165) is 31.4 Å². The second-order valence-electron chi connectivity index (χ2n) is 6.94. The maximum Gasteiger partial charge on any atom is 0.130 e. The van der Waals surface area contributed by atoms with Gasteiger partial charge in [-0.05, 0) is 69.0 Å². The number of benzene rings is 1. The van der Waals surface area contributed by atoms with E-state index in [2.05, 4.69) is 16.9 Å². The Balaban J connectivity index is 2.11. The first kappa shape index (κ1) is 15.1. The summed E-state index contributed by atoms with van der Waals surface area (Å²) in [5.74, 6) is 3.49. The minimum Gasteiger partial charge on any atom is -0.508 e. The predicted octanol–water partition coefficient (Wildman–Crippen LogP) is 3.53. The molecule has 1 fully saturated rings. The average molecular weight is 299 g/mol. The first-order chi connectivity index (χ1) is 10.4. The SMILES string of the molecule is C#C[C@@]12C=C(c3cc(O)ccc3F)[C@@H](CN(C)C)[C@@H](CC1)C2. The van der Waals surface area contributed by atoms with Crippen LogP contribution in [0.5, 0.6) is 5.75 Å². The van der Waals surface area contributed by atoms with Crippen LogP contribution >= 0.6 is 0 Å². The van der Waals surface area contributed by atoms with E-state index in [1.54, 1.807) is 0 Å². The number of rotatable bonds is 3. The van der Waals surface area contributed by atoms with Gasteiger partial charge < -0.3 is 10.0 Å². The van der Waals surface area contributed by atoms with Crippen molar-refractivity contribution in [2.24, 2.45) is 17.3 Å². The van der Waals surface area contributed by atoms with Crippen LogP contribution in [0.4, 0.5) is 4.39 Å². The lowest BCUT2D eigenvalue weighted by atomic mass is 9.71. The summed E-state index contributed by atoms with van der Waals surface area (Å²) in [4.78, 5) is 2.14. The minimum absolute atomic E-state index is 0.0913. The van der Waals surface area contributed by atoms with Gasteiger partial charge in [-0.2, -0.15) is 0 Å². The van der Waals surface area contributed by atoms with Gasteiger partial charge in [-0.15, -0.1) is 6.42 Å². The summed E-state index contributed by atoms with van der Waals surface area (Å²) in [5.41, 5.74) is 1.23. The number of terminal acetylenes is 1. The highest BCUT2D eigenvalue weighted by Gasteiger charge is 2.45. The van der Waals surface area contributed by atoms with Gasteiger partial charge in [0.25, 0.3) is 0 Å². The first-order valence-corrected chi connectivity index (χ1v) is 7.78. The van der Waals surface area contributed by atoms with E-state index >= 15 is 0 Å². The summed E-state index contributed by atoms with van der Waals surface area (Å²) in [6, 6.07) is 4.24. The van der Waals surface area contributed by atoms with Crippen LogP contribution in [0.3, 0.4) is 0 Å². The molecule has 1 N–H and O–H groups in total. The van der Waals surface area contributed by atoms with Gasteiger partial charge in [-0.3, -0.25) is 0 Å². The Morgan fingerprint density at radius 2 is 2.23 bits per heavy atom. The fourth-order valence-electron chi connectivity index (χ4n) is 4.07. The van der Waals surface area contributed by atoms with Crippen molar-refractivity contribution in [2.45, 2.75) is 19.3 Å². The van der Waals surface area contributed by atoms with E-state index in [4.69, 9.17) is 6.42 Å². The maximum absolute atomic E-state index is 14.4. The lowest BCUT2D eigenvalue weighted by Gasteiger charge is -2.35. The molecule has 2 aliphatic carbocycles. The van der Waals surface area contributed by atoms with Gasteiger partial charge in [-0.25, -0.2) is 4.39 Å². The number of hydrogen-bond acceptors (Lipinski definition) is 2. The Morgan fingerprint density at radius 1 is 1.45 bits per heavy atom. The van der Waals surface area contributed by atoms with Crippen LogP contribution < -0.4 is 0 Å². The van der Waals surface area contributed by atoms with E-state index in [0.29, 0.717) is 11.5 Å². The second kappa shape index (κ2) is 5.44. The van der Waals surface area contributed by atoms with Gasteiger partial charge in [0.05, 0.1) is 0 Å². The molecule has 22 heavy (non-hydrogen) atoms. The van der Waals surface area contributed by atoms with Crippen molar-refractivity contribution < 1.29 is 9.50 Å². The van der Waals surface area contributed by atoms with E-state index in [1.807, 2.05) is 14.1 Å². The molecule has 3 atom stereocenters. The molecule has 2 aliphatic rings. The van der Waals surface area contributed by atoms with Gasteiger partial charge in [-0.1, -0.05) is 12.0 Å². The molecule has 1 saturated carbocycles. The van der Waals surface area contributed by atoms with Crippen molar-refractivity contribution >= 4 is 5.57 Å². The molecule has 0 heterocycles. The summed E-state index contributed by atoms with van der Waals surface area (Å²) in [7, 11) is 4.07. The molecule has 0 aromatic heterocycles. The molecular weight excluding hydrogens is 277 g/mol. The number of phenols is 1. The van der Waals surface area contributed by atoms with Crippen LogP contribution in [0.2, 0.25) is 0 Å². The Morgan fingerprint density at radius 3 is 2.91 bits per heavy atom. The fraction of sp³-hybridized carbons (Fsp3) is 0.474. The van der Waals surface area contributed by atoms with Gasteiger partial charge in [0.1, 0.15) is 11.6 Å². The highest BCUT2D eigenvalue weighted by atomic mass is 19.1. The van der Waals surface area contributed by atoms with Crippen molar-refractivity contribution in [3.05, 3.63) is 35.7 Å². The zero-order chi connectivity index (χ0) is 15.9. The highest BCUT2D eigenvalue weighted by Crippen LogP contribution is 2.54. The molecule has 3 rings (SSSR count). The van der Waals surface area contributed by atoms with Crippen LogP contribution in [-0.4, -0.2) is 30.6 Å². The van der Waals surface area contributed by atoms with Gasteiger partial charge in [0, 0.05) is 17.5 Å². The largest absolute Gasteiger partial charge is 0.508 e. The van der Waals surface area contributed by atoms with E-state index in [1.165, 1.54) is 18.2 Å². The normalized spacial score (nSPS) is 30.2. The molecule has 0 radical (unpaired) electrons. The summed E-state index contributed by atoms with van der Waals surface area (Å²) in [5, 5.41) is 9.76. The Kier molecular flexibility index (Phi) is 3.74. The number of phenolic OH excluding ortho intramolecular Hbond substituents is 1. The third-order valence-electron chi connectivity index (χ3n) is 5.10. The van der Waals surface area contributed by atoms with Gasteiger partial charge >= 0.3 is 0 Å². The van der Waals surface area contributed by atoms with E-state index in [-0.39, 0.29) is 22.9 Å². The Labute approximate surface area is 131 Å². The number of nitrogens with zero attached hydrogens (tertiary/aromatic N) is 1. The lowest BCUT2D eigenvalue weighted by Crippen LogP contribution is -2.31. The monoisotopic (exact) mass is 299 g/mol. The lowest BCUT2D eigenvalue weighted by molar-refractivity contribution is 0.281. The Hall–Kier alpha value is -1.79. The van der Waals surface area contributed by atoms with Crippen LogP contribution in [0, 0.1) is 35.4 Å². The number of fused-ring (bicyclic) bond motifs is 2. The summed E-state index contributed by atoms with van der Waals surface area (Å²) in [6.07, 6.45) is 10.9. The smallest absolute Gasteiger partial charge is 0.130 e. The van der Waals surface area contributed by atoms with E-state index in [9.17, 15) is 9.50 Å². The number of allylic oxidation sites excluding steroid dienone is 1. The molecule has 1 aromatic carbocycles. The molecule has 0 unspecified atom stereocenters. The Bertz CT molecular complexity index is 658. The van der Waals surface area contributed by atoms with Crippen molar-refractivity contribution in [1.29, 1.82) is 0 Å². The third-order valence-corrected chi connectivity index (χ3v) is 5.10. The zero-order valence-corrected chi connectivity index (χ0v) is 13.1. The average Bonchev–Trinajstić information content (AvgIpc) is 2.84. The van der Waals surface area contributed by atoms with E-state index < -0.39 is 0 Å². The number of hydrogen-bond donors (Lipinski definition) is 1. The summed E-state index contributed by atoms with van der Waals surface area (Å²) >= 11 is 0. The van der Waals surface area contributed by atoms with Crippen molar-refractivity contribution in [2.75, 3.05) is 20.6 Å². The first-order valence-electron chi connectivity index (χ1n) is 7.78. The maximum atomic E-state index is 14.4. The molecule has 0 spiro atoms. The highest BCUT2D eigenvalue weighted by molar-refractivity contribution is 5.72. The molecule has 0 saturated heterocycles. The van der Waals surface area contributed by atoms with Crippen LogP contribution in [0.25, 0.3) is 5.57 Å². The molecule has 3 heteroatoms. The topological polar surface area (TPSA) is 23.5 Å². The quantitative estimate of drug-likeness (QED) is 0.863.